The normalized spacial score (nSPS) is 11.8. The molecule has 0 bridgehead atoms. The van der Waals surface area contributed by atoms with E-state index in [1.807, 2.05) is 74.5 Å². The molecule has 0 fully saturated rings. The van der Waals surface area contributed by atoms with Crippen molar-refractivity contribution in [2.45, 2.75) is 37.6 Å². The molecule has 0 heterocycles. The molecule has 166 valence electrons. The Morgan fingerprint density at radius 2 is 1.16 bits per heavy atom. The quantitative estimate of drug-likeness (QED) is 0.336. The fraction of sp³-hybridized carbons (Fsp3) is 0.375. The van der Waals surface area contributed by atoms with Crippen molar-refractivity contribution in [3.63, 3.8) is 0 Å². The van der Waals surface area contributed by atoms with Crippen LogP contribution in [0.4, 0.5) is 0 Å². The van der Waals surface area contributed by atoms with Gasteiger partial charge in [0.2, 0.25) is 5.91 Å². The first-order valence-corrected chi connectivity index (χ1v) is 11.4. The summed E-state index contributed by atoms with van der Waals surface area (Å²) in [5.41, 5.74) is 2.16. The molecule has 0 spiro atoms. The van der Waals surface area contributed by atoms with Gasteiger partial charge in [-0.15, -0.1) is 0 Å². The summed E-state index contributed by atoms with van der Waals surface area (Å²) in [4.78, 5) is 37.4. The second-order valence-corrected chi connectivity index (χ2v) is 8.63. The molecule has 2 aromatic carbocycles. The zero-order valence-corrected chi connectivity index (χ0v) is 19.5. The van der Waals surface area contributed by atoms with Crippen LogP contribution in [0.15, 0.2) is 60.7 Å². The molecule has 3 N–H and O–H groups in total. The van der Waals surface area contributed by atoms with E-state index in [-0.39, 0.29) is 5.92 Å². The van der Waals surface area contributed by atoms with Crippen LogP contribution in [-0.4, -0.2) is 41.7 Å². The molecule has 0 aromatic heterocycles. The number of hydrogen-bond donors (Lipinski definition) is 3. The van der Waals surface area contributed by atoms with Crippen molar-refractivity contribution in [1.29, 1.82) is 0 Å². The highest BCUT2D eigenvalue weighted by Gasteiger charge is 2.30. The van der Waals surface area contributed by atoms with E-state index in [0.29, 0.717) is 25.9 Å². The Hall–Kier alpha value is -2.67. The van der Waals surface area contributed by atoms with E-state index in [1.54, 1.807) is 0 Å². The van der Waals surface area contributed by atoms with Crippen molar-refractivity contribution in [1.82, 2.24) is 16.0 Å². The van der Waals surface area contributed by atoms with Crippen LogP contribution < -0.4 is 16.0 Å². The summed E-state index contributed by atoms with van der Waals surface area (Å²) in [6.45, 7) is 4.50. The number of rotatable bonds is 11. The molecule has 0 unspecified atom stereocenters. The number of carbonyl (C=O) groups excluding carboxylic acids is 3. The van der Waals surface area contributed by atoms with Gasteiger partial charge in [-0.1, -0.05) is 90.4 Å². The van der Waals surface area contributed by atoms with Crippen LogP contribution in [0.5, 0.6) is 0 Å². The predicted molar refractivity (Wildman–Crippen MR) is 126 cm³/mol. The minimum Gasteiger partial charge on any atom is -0.354 e. The van der Waals surface area contributed by atoms with Gasteiger partial charge in [0.1, 0.15) is 0 Å². The van der Waals surface area contributed by atoms with Crippen molar-refractivity contribution in [3.05, 3.63) is 71.8 Å². The average molecular weight is 488 g/mol. The molecule has 2 rings (SSSR count). The van der Waals surface area contributed by atoms with Gasteiger partial charge in [-0.3, -0.25) is 14.4 Å². The van der Waals surface area contributed by atoms with Crippen LogP contribution in [-0.2, 0) is 27.2 Å². The van der Waals surface area contributed by atoms with E-state index >= 15 is 0 Å². The molecular weight excluding hydrogens is 458 g/mol. The number of halogens is 1. The Bertz CT molecular complexity index is 786. The largest absolute Gasteiger partial charge is 0.354 e. The third-order valence-corrected chi connectivity index (χ3v) is 6.23. The van der Waals surface area contributed by atoms with E-state index in [2.05, 4.69) is 31.9 Å². The number of benzene rings is 2. The number of carbonyl (C=O) groups is 3. The van der Waals surface area contributed by atoms with Gasteiger partial charge in [-0.2, -0.15) is 0 Å². The van der Waals surface area contributed by atoms with Gasteiger partial charge >= 0.3 is 0 Å². The molecule has 3 amide bonds. The molecule has 2 aromatic rings. The first-order valence-electron chi connectivity index (χ1n) is 10.5. The molecular formula is C24H30BrN3O3. The molecule has 0 aliphatic heterocycles. The fourth-order valence-corrected chi connectivity index (χ4v) is 3.06. The summed E-state index contributed by atoms with van der Waals surface area (Å²) < 4.78 is 0. The van der Waals surface area contributed by atoms with Gasteiger partial charge < -0.3 is 16.0 Å². The Balaban J connectivity index is 1.95. The summed E-state index contributed by atoms with van der Waals surface area (Å²) >= 11 is 3.33. The number of hydrogen-bond acceptors (Lipinski definition) is 3. The Morgan fingerprint density at radius 1 is 0.742 bits per heavy atom. The molecule has 6 nitrogen and oxygen atoms in total. The molecule has 0 aliphatic rings. The average Bonchev–Trinajstić information content (AvgIpc) is 2.77. The lowest BCUT2D eigenvalue weighted by atomic mass is 10.1. The van der Waals surface area contributed by atoms with Crippen LogP contribution in [0, 0.1) is 5.92 Å². The lowest BCUT2D eigenvalue weighted by Crippen LogP contribution is -2.57. The highest BCUT2D eigenvalue weighted by atomic mass is 79.9. The highest BCUT2D eigenvalue weighted by Crippen LogP contribution is 2.12. The van der Waals surface area contributed by atoms with E-state index in [9.17, 15) is 14.4 Å². The zero-order valence-electron chi connectivity index (χ0n) is 17.9. The maximum atomic E-state index is 12.7. The minimum absolute atomic E-state index is 0.0166. The Kier molecular flexibility index (Phi) is 10.2. The maximum absolute atomic E-state index is 12.7. The predicted octanol–water partition coefficient (Wildman–Crippen LogP) is 2.61. The van der Waals surface area contributed by atoms with Gasteiger partial charge in [0.25, 0.3) is 11.8 Å². The van der Waals surface area contributed by atoms with Crippen LogP contribution >= 0.6 is 15.9 Å². The summed E-state index contributed by atoms with van der Waals surface area (Å²) in [5.74, 6) is -1.42. The van der Waals surface area contributed by atoms with Gasteiger partial charge in [0, 0.05) is 13.1 Å². The van der Waals surface area contributed by atoms with E-state index < -0.39 is 28.6 Å². The van der Waals surface area contributed by atoms with Crippen LogP contribution in [0.3, 0.4) is 0 Å². The van der Waals surface area contributed by atoms with Crippen LogP contribution in [0.1, 0.15) is 25.0 Å². The maximum Gasteiger partial charge on any atom is 0.252 e. The lowest BCUT2D eigenvalue weighted by Gasteiger charge is -2.21. The van der Waals surface area contributed by atoms with Crippen molar-refractivity contribution >= 4 is 33.7 Å². The Labute approximate surface area is 192 Å². The minimum atomic E-state index is -1.29. The summed E-state index contributed by atoms with van der Waals surface area (Å²) in [7, 11) is 0. The number of alkyl halides is 1. The third kappa shape index (κ3) is 8.53. The van der Waals surface area contributed by atoms with Crippen molar-refractivity contribution in [3.8, 4) is 0 Å². The fourth-order valence-electron chi connectivity index (χ4n) is 2.93. The van der Waals surface area contributed by atoms with E-state index in [4.69, 9.17) is 0 Å². The third-order valence-electron chi connectivity index (χ3n) is 4.76. The second kappa shape index (κ2) is 12.9. The highest BCUT2D eigenvalue weighted by molar-refractivity contribution is 9.10. The van der Waals surface area contributed by atoms with E-state index in [1.165, 1.54) is 0 Å². The number of nitrogens with one attached hydrogen (secondary N) is 3. The second-order valence-electron chi connectivity index (χ2n) is 7.64. The van der Waals surface area contributed by atoms with Crippen molar-refractivity contribution in [2.24, 2.45) is 5.92 Å². The SMILES string of the molecule is CC(C)[C@@H](Br)C(=O)NC(C(=O)NCCc1ccccc1)C(=O)NCCc1ccccc1. The van der Waals surface area contributed by atoms with Gasteiger partial charge in [-0.05, 0) is 29.9 Å². The number of amides is 3. The zero-order chi connectivity index (χ0) is 22.6. The Morgan fingerprint density at radius 3 is 1.55 bits per heavy atom. The van der Waals surface area contributed by atoms with Crippen LogP contribution in [0.2, 0.25) is 0 Å². The summed E-state index contributed by atoms with van der Waals surface area (Å²) in [5, 5.41) is 8.11. The summed E-state index contributed by atoms with van der Waals surface area (Å²) in [6.07, 6.45) is 1.27. The first kappa shape index (κ1) is 24.6. The van der Waals surface area contributed by atoms with Gasteiger partial charge in [0.05, 0.1) is 4.83 Å². The topological polar surface area (TPSA) is 87.3 Å². The van der Waals surface area contributed by atoms with Crippen molar-refractivity contribution < 1.29 is 14.4 Å². The van der Waals surface area contributed by atoms with Gasteiger partial charge in [-0.25, -0.2) is 0 Å². The molecule has 7 heteroatoms. The smallest absolute Gasteiger partial charge is 0.252 e. The van der Waals surface area contributed by atoms with Gasteiger partial charge in [0.15, 0.2) is 6.04 Å². The first-order chi connectivity index (χ1) is 14.9. The molecule has 1 atom stereocenters. The van der Waals surface area contributed by atoms with Crippen LogP contribution in [0.25, 0.3) is 0 Å². The molecule has 0 saturated heterocycles. The summed E-state index contributed by atoms with van der Waals surface area (Å²) in [6, 6.07) is 18.2. The lowest BCUT2D eigenvalue weighted by molar-refractivity contribution is -0.136. The van der Waals surface area contributed by atoms with E-state index in [0.717, 1.165) is 11.1 Å². The van der Waals surface area contributed by atoms with Crippen molar-refractivity contribution in [2.75, 3.05) is 13.1 Å². The molecule has 0 aliphatic carbocycles. The molecule has 0 radical (unpaired) electrons. The molecule has 31 heavy (non-hydrogen) atoms. The monoisotopic (exact) mass is 487 g/mol. The standard InChI is InChI=1S/C24H30BrN3O3/c1-17(2)20(25)22(29)28-21(23(30)26-15-13-18-9-5-3-6-10-18)24(31)27-16-14-19-11-7-4-8-12-19/h3-12,17,20-21H,13-16H2,1-2H3,(H,26,30)(H,27,31)(H,28,29)/t20-/m1/s1. The molecule has 0 saturated carbocycles.